The van der Waals surface area contributed by atoms with E-state index >= 15 is 0 Å². The summed E-state index contributed by atoms with van der Waals surface area (Å²) in [6, 6.07) is 13.7. The average molecular weight is 288 g/mol. The molecule has 2 nitrogen and oxygen atoms in total. The van der Waals surface area contributed by atoms with E-state index in [4.69, 9.17) is 4.74 Å². The lowest BCUT2D eigenvalue weighted by Gasteiger charge is -2.13. The summed E-state index contributed by atoms with van der Waals surface area (Å²) in [6.45, 7) is 4.51. The van der Waals surface area contributed by atoms with Gasteiger partial charge < -0.3 is 9.84 Å². The molecule has 1 unspecified atom stereocenters. The molecule has 0 spiro atoms. The summed E-state index contributed by atoms with van der Waals surface area (Å²) in [5, 5.41) is 10.1. The van der Waals surface area contributed by atoms with Crippen molar-refractivity contribution in [2.75, 3.05) is 6.61 Å². The highest BCUT2D eigenvalue weighted by atomic mass is 19.1. The lowest BCUT2D eigenvalue weighted by molar-refractivity contribution is 0.108. The van der Waals surface area contributed by atoms with Gasteiger partial charge in [-0.2, -0.15) is 0 Å². The van der Waals surface area contributed by atoms with Crippen LogP contribution >= 0.6 is 0 Å². The van der Waals surface area contributed by atoms with Gasteiger partial charge in [-0.1, -0.05) is 38.1 Å². The molecule has 0 radical (unpaired) electrons. The first-order valence-electron chi connectivity index (χ1n) is 7.20. The summed E-state index contributed by atoms with van der Waals surface area (Å²) in [7, 11) is 0. The molecule has 0 heterocycles. The Balaban J connectivity index is 1.90. The van der Waals surface area contributed by atoms with Gasteiger partial charge in [0.2, 0.25) is 0 Å². The van der Waals surface area contributed by atoms with Crippen LogP contribution in [0.2, 0.25) is 0 Å². The van der Waals surface area contributed by atoms with Crippen molar-refractivity contribution in [2.24, 2.45) is 5.92 Å². The Morgan fingerprint density at radius 2 is 1.62 bits per heavy atom. The van der Waals surface area contributed by atoms with Gasteiger partial charge in [0, 0.05) is 0 Å². The van der Waals surface area contributed by atoms with Gasteiger partial charge in [-0.05, 0) is 47.7 Å². The molecule has 2 aromatic rings. The summed E-state index contributed by atoms with van der Waals surface area (Å²) >= 11 is 0. The van der Waals surface area contributed by atoms with E-state index in [0.29, 0.717) is 11.7 Å². The van der Waals surface area contributed by atoms with E-state index in [2.05, 4.69) is 13.8 Å². The van der Waals surface area contributed by atoms with Crippen LogP contribution in [-0.2, 0) is 6.42 Å². The number of aliphatic hydroxyl groups is 1. The van der Waals surface area contributed by atoms with Gasteiger partial charge in [-0.25, -0.2) is 4.39 Å². The molecule has 2 rings (SSSR count). The maximum absolute atomic E-state index is 12.8. The Morgan fingerprint density at radius 3 is 2.19 bits per heavy atom. The molecule has 0 saturated heterocycles. The second-order valence-electron chi connectivity index (χ2n) is 5.62. The maximum atomic E-state index is 12.8. The third-order valence-electron chi connectivity index (χ3n) is 3.23. The van der Waals surface area contributed by atoms with Crippen LogP contribution < -0.4 is 4.74 Å². The summed E-state index contributed by atoms with van der Waals surface area (Å²) < 4.78 is 18.2. The highest BCUT2D eigenvalue weighted by molar-refractivity contribution is 5.25. The Bertz CT molecular complexity index is 546. The Hall–Kier alpha value is -1.87. The Labute approximate surface area is 125 Å². The summed E-state index contributed by atoms with van der Waals surface area (Å²) in [4.78, 5) is 0. The first-order chi connectivity index (χ1) is 10.0. The second-order valence-corrected chi connectivity index (χ2v) is 5.62. The zero-order valence-electron chi connectivity index (χ0n) is 12.4. The fourth-order valence-electron chi connectivity index (χ4n) is 2.15. The van der Waals surface area contributed by atoms with Crippen LogP contribution in [0.1, 0.15) is 31.1 Å². The van der Waals surface area contributed by atoms with Crippen LogP contribution in [-0.4, -0.2) is 11.7 Å². The third kappa shape index (κ3) is 4.87. The third-order valence-corrected chi connectivity index (χ3v) is 3.23. The molecule has 3 heteroatoms. The molecule has 21 heavy (non-hydrogen) atoms. The summed E-state index contributed by atoms with van der Waals surface area (Å²) in [5.74, 6) is 0.859. The molecular weight excluding hydrogens is 267 g/mol. The van der Waals surface area contributed by atoms with Crippen molar-refractivity contribution in [2.45, 2.75) is 26.4 Å². The van der Waals surface area contributed by atoms with Gasteiger partial charge in [0.15, 0.2) is 0 Å². The predicted octanol–water partition coefficient (Wildman–Crippen LogP) is 4.14. The largest absolute Gasteiger partial charge is 0.491 e. The maximum Gasteiger partial charge on any atom is 0.123 e. The molecule has 0 bridgehead atoms. The van der Waals surface area contributed by atoms with Crippen LogP contribution in [0.25, 0.3) is 0 Å². The van der Waals surface area contributed by atoms with Crippen molar-refractivity contribution >= 4 is 0 Å². The molecule has 0 aromatic heterocycles. The zero-order chi connectivity index (χ0) is 15.2. The molecule has 2 aromatic carbocycles. The van der Waals surface area contributed by atoms with Gasteiger partial charge in [0.1, 0.15) is 24.3 Å². The van der Waals surface area contributed by atoms with E-state index in [9.17, 15) is 9.50 Å². The van der Waals surface area contributed by atoms with Crippen molar-refractivity contribution in [1.82, 2.24) is 0 Å². The molecule has 0 amide bonds. The number of hydrogen-bond acceptors (Lipinski definition) is 2. The average Bonchev–Trinajstić information content (AvgIpc) is 2.46. The molecule has 1 atom stereocenters. The van der Waals surface area contributed by atoms with E-state index < -0.39 is 6.10 Å². The normalized spacial score (nSPS) is 12.4. The van der Waals surface area contributed by atoms with Crippen LogP contribution in [0.4, 0.5) is 4.39 Å². The second kappa shape index (κ2) is 7.23. The Morgan fingerprint density at radius 1 is 1.00 bits per heavy atom. The van der Waals surface area contributed by atoms with Crippen LogP contribution in [0.5, 0.6) is 5.75 Å². The van der Waals surface area contributed by atoms with E-state index in [1.54, 1.807) is 12.1 Å². The highest BCUT2D eigenvalue weighted by Crippen LogP contribution is 2.18. The van der Waals surface area contributed by atoms with E-state index in [1.165, 1.54) is 17.7 Å². The van der Waals surface area contributed by atoms with Crippen molar-refractivity contribution < 1.29 is 14.2 Å². The fraction of sp³-hybridized carbons (Fsp3) is 0.333. The quantitative estimate of drug-likeness (QED) is 0.865. The van der Waals surface area contributed by atoms with E-state index in [-0.39, 0.29) is 12.4 Å². The van der Waals surface area contributed by atoms with E-state index in [0.717, 1.165) is 12.0 Å². The molecule has 112 valence electrons. The number of ether oxygens (including phenoxy) is 1. The lowest BCUT2D eigenvalue weighted by Crippen LogP contribution is -2.09. The fourth-order valence-corrected chi connectivity index (χ4v) is 2.15. The van der Waals surface area contributed by atoms with Crippen LogP contribution in [0.3, 0.4) is 0 Å². The van der Waals surface area contributed by atoms with Gasteiger partial charge >= 0.3 is 0 Å². The number of halogens is 1. The van der Waals surface area contributed by atoms with Crippen LogP contribution in [0, 0.1) is 11.7 Å². The van der Waals surface area contributed by atoms with Gasteiger partial charge in [-0.15, -0.1) is 0 Å². The smallest absolute Gasteiger partial charge is 0.123 e. The lowest BCUT2D eigenvalue weighted by atomic mass is 10.0. The molecular formula is C18H21FO2. The van der Waals surface area contributed by atoms with Crippen molar-refractivity contribution in [3.8, 4) is 5.75 Å². The van der Waals surface area contributed by atoms with Gasteiger partial charge in [0.05, 0.1) is 0 Å². The highest BCUT2D eigenvalue weighted by Gasteiger charge is 2.09. The molecule has 0 saturated carbocycles. The van der Waals surface area contributed by atoms with Crippen LogP contribution in [0.15, 0.2) is 48.5 Å². The van der Waals surface area contributed by atoms with Gasteiger partial charge in [0.25, 0.3) is 0 Å². The Kier molecular flexibility index (Phi) is 5.34. The number of aliphatic hydroxyl groups excluding tert-OH is 1. The predicted molar refractivity (Wildman–Crippen MR) is 81.8 cm³/mol. The van der Waals surface area contributed by atoms with Crippen molar-refractivity contribution in [1.29, 1.82) is 0 Å². The zero-order valence-corrected chi connectivity index (χ0v) is 12.4. The summed E-state index contributed by atoms with van der Waals surface area (Å²) in [6.07, 6.45) is 0.339. The molecule has 0 aliphatic carbocycles. The van der Waals surface area contributed by atoms with Crippen molar-refractivity contribution in [3.05, 3.63) is 65.5 Å². The SMILES string of the molecule is CC(C)Cc1ccc(C(O)COc2ccc(F)cc2)cc1. The monoisotopic (exact) mass is 288 g/mol. The topological polar surface area (TPSA) is 29.5 Å². The molecule has 0 aliphatic heterocycles. The van der Waals surface area contributed by atoms with Crippen molar-refractivity contribution in [3.63, 3.8) is 0 Å². The summed E-state index contributed by atoms with van der Waals surface area (Å²) in [5.41, 5.74) is 2.09. The molecule has 0 fully saturated rings. The number of hydrogen-bond donors (Lipinski definition) is 1. The molecule has 0 aliphatic rings. The van der Waals surface area contributed by atoms with E-state index in [1.807, 2.05) is 24.3 Å². The minimum Gasteiger partial charge on any atom is -0.491 e. The first-order valence-corrected chi connectivity index (χ1v) is 7.20. The van der Waals surface area contributed by atoms with Gasteiger partial charge in [-0.3, -0.25) is 0 Å². The standard InChI is InChI=1S/C18H21FO2/c1-13(2)11-14-3-5-15(6-4-14)18(20)12-21-17-9-7-16(19)8-10-17/h3-10,13,18,20H,11-12H2,1-2H3. The first kappa shape index (κ1) is 15.5. The minimum atomic E-state index is -0.692. The molecule has 1 N–H and O–H groups in total. The minimum absolute atomic E-state index is 0.148. The number of benzene rings is 2. The number of rotatable bonds is 6.